The Bertz CT molecular complexity index is 353. The van der Waals surface area contributed by atoms with Gasteiger partial charge in [-0.2, -0.15) is 0 Å². The van der Waals surface area contributed by atoms with Gasteiger partial charge in [0.05, 0.1) is 0 Å². The Morgan fingerprint density at radius 1 is 1.00 bits per heavy atom. The smallest absolute Gasteiger partial charge is 0.159 e. The van der Waals surface area contributed by atoms with Gasteiger partial charge in [-0.1, -0.05) is 6.07 Å². The Morgan fingerprint density at radius 2 is 1.53 bits per heavy atom. The summed E-state index contributed by atoms with van der Waals surface area (Å²) in [6.07, 6.45) is 0.786. The van der Waals surface area contributed by atoms with Gasteiger partial charge in [0, 0.05) is 38.9 Å². The van der Waals surface area contributed by atoms with Crippen molar-refractivity contribution in [2.24, 2.45) is 0 Å². The first-order valence-corrected chi connectivity index (χ1v) is 7.09. The molecule has 0 N–H and O–H groups in total. The van der Waals surface area contributed by atoms with E-state index >= 15 is 0 Å². The minimum Gasteiger partial charge on any atom is -0.374 e. The number of hydrogen-bond acceptors (Lipinski definition) is 3. The van der Waals surface area contributed by atoms with E-state index in [1.807, 2.05) is 13.8 Å². The van der Waals surface area contributed by atoms with Gasteiger partial charge < -0.3 is 14.4 Å². The van der Waals surface area contributed by atoms with Crippen molar-refractivity contribution in [3.05, 3.63) is 29.3 Å². The van der Waals surface area contributed by atoms with Gasteiger partial charge >= 0.3 is 0 Å². The van der Waals surface area contributed by atoms with Crippen LogP contribution in [-0.2, 0) is 9.47 Å². The van der Waals surface area contributed by atoms with Gasteiger partial charge in [0.15, 0.2) is 6.29 Å². The van der Waals surface area contributed by atoms with Crippen molar-refractivity contribution in [2.75, 3.05) is 31.7 Å². The zero-order valence-electron chi connectivity index (χ0n) is 12.9. The van der Waals surface area contributed by atoms with Crippen molar-refractivity contribution in [3.63, 3.8) is 0 Å². The minimum absolute atomic E-state index is 0.0941. The Kier molecular flexibility index (Phi) is 6.89. The quantitative estimate of drug-likeness (QED) is 0.671. The molecule has 0 aliphatic heterocycles. The second kappa shape index (κ2) is 8.18. The van der Waals surface area contributed by atoms with E-state index in [-0.39, 0.29) is 6.29 Å². The van der Waals surface area contributed by atoms with Crippen LogP contribution in [0.5, 0.6) is 0 Å². The molecule has 0 radical (unpaired) electrons. The fourth-order valence-electron chi connectivity index (χ4n) is 2.19. The topological polar surface area (TPSA) is 21.7 Å². The van der Waals surface area contributed by atoms with Crippen LogP contribution in [0.25, 0.3) is 0 Å². The summed E-state index contributed by atoms with van der Waals surface area (Å²) in [4.78, 5) is 2.26. The molecule has 1 rings (SSSR count). The summed E-state index contributed by atoms with van der Waals surface area (Å²) < 4.78 is 11.1. The van der Waals surface area contributed by atoms with Crippen LogP contribution in [0.3, 0.4) is 0 Å². The van der Waals surface area contributed by atoms with E-state index in [9.17, 15) is 0 Å². The van der Waals surface area contributed by atoms with Gasteiger partial charge in [-0.15, -0.1) is 0 Å². The van der Waals surface area contributed by atoms with E-state index in [0.717, 1.165) is 13.0 Å². The lowest BCUT2D eigenvalue weighted by molar-refractivity contribution is -0.137. The number of ether oxygens (including phenoxy) is 2. The molecule has 0 bridgehead atoms. The van der Waals surface area contributed by atoms with Crippen LogP contribution in [0.2, 0.25) is 0 Å². The summed E-state index contributed by atoms with van der Waals surface area (Å²) in [5.74, 6) is 0. The lowest BCUT2D eigenvalue weighted by Crippen LogP contribution is -2.26. The van der Waals surface area contributed by atoms with E-state index in [0.29, 0.717) is 13.2 Å². The molecular weight excluding hydrogens is 238 g/mol. The highest BCUT2D eigenvalue weighted by Gasteiger charge is 2.10. The van der Waals surface area contributed by atoms with Crippen molar-refractivity contribution in [3.8, 4) is 0 Å². The van der Waals surface area contributed by atoms with Crippen LogP contribution >= 0.6 is 0 Å². The molecule has 19 heavy (non-hydrogen) atoms. The highest BCUT2D eigenvalue weighted by molar-refractivity contribution is 5.50. The number of nitrogens with zero attached hydrogens (tertiary/aromatic N) is 1. The Balaban J connectivity index is 2.55. The van der Waals surface area contributed by atoms with Crippen LogP contribution in [0.1, 0.15) is 31.4 Å². The molecule has 0 heterocycles. The summed E-state index contributed by atoms with van der Waals surface area (Å²) in [7, 11) is 2.11. The number of hydrogen-bond donors (Lipinski definition) is 0. The highest BCUT2D eigenvalue weighted by Crippen LogP contribution is 2.18. The molecule has 108 valence electrons. The molecule has 0 amide bonds. The number of anilines is 1. The highest BCUT2D eigenvalue weighted by atomic mass is 16.7. The molecule has 1 aromatic rings. The van der Waals surface area contributed by atoms with Gasteiger partial charge in [-0.3, -0.25) is 0 Å². The molecule has 3 nitrogen and oxygen atoms in total. The number of aryl methyl sites for hydroxylation is 2. The van der Waals surface area contributed by atoms with Gasteiger partial charge in [0.1, 0.15) is 0 Å². The fraction of sp³-hybridized carbons (Fsp3) is 0.625. The maximum Gasteiger partial charge on any atom is 0.159 e. The lowest BCUT2D eigenvalue weighted by atomic mass is 10.1. The van der Waals surface area contributed by atoms with Crippen molar-refractivity contribution >= 4 is 5.69 Å². The Morgan fingerprint density at radius 3 is 2.00 bits per heavy atom. The van der Waals surface area contributed by atoms with Gasteiger partial charge in [0.2, 0.25) is 0 Å². The second-order valence-electron chi connectivity index (χ2n) is 4.90. The van der Waals surface area contributed by atoms with E-state index in [1.165, 1.54) is 16.8 Å². The fourth-order valence-corrected chi connectivity index (χ4v) is 2.19. The Hall–Kier alpha value is -1.06. The molecule has 0 fully saturated rings. The molecule has 0 saturated carbocycles. The van der Waals surface area contributed by atoms with Crippen molar-refractivity contribution in [1.29, 1.82) is 0 Å². The lowest BCUT2D eigenvalue weighted by Gasteiger charge is -2.24. The third-order valence-electron chi connectivity index (χ3n) is 3.05. The molecule has 0 aliphatic rings. The van der Waals surface area contributed by atoms with Crippen molar-refractivity contribution in [2.45, 2.75) is 40.4 Å². The third kappa shape index (κ3) is 5.62. The van der Waals surface area contributed by atoms with Gasteiger partial charge in [-0.25, -0.2) is 0 Å². The van der Waals surface area contributed by atoms with Crippen LogP contribution in [0.15, 0.2) is 18.2 Å². The average molecular weight is 265 g/mol. The van der Waals surface area contributed by atoms with E-state index in [1.54, 1.807) is 0 Å². The van der Waals surface area contributed by atoms with Crippen molar-refractivity contribution in [1.82, 2.24) is 0 Å². The number of rotatable bonds is 8. The summed E-state index contributed by atoms with van der Waals surface area (Å²) in [6.45, 7) is 10.6. The van der Waals surface area contributed by atoms with Crippen LogP contribution in [0.4, 0.5) is 5.69 Å². The standard InChI is InChI=1S/C16H27NO2/c1-6-18-16(19-7-2)8-9-17(5)15-11-13(3)10-14(4)12-15/h10-12,16H,6-9H2,1-5H3. The second-order valence-corrected chi connectivity index (χ2v) is 4.90. The molecule has 0 saturated heterocycles. The molecule has 1 aromatic carbocycles. The molecule has 0 aromatic heterocycles. The first-order valence-electron chi connectivity index (χ1n) is 7.09. The van der Waals surface area contributed by atoms with Crippen LogP contribution < -0.4 is 4.90 Å². The van der Waals surface area contributed by atoms with E-state index in [4.69, 9.17) is 9.47 Å². The monoisotopic (exact) mass is 265 g/mol. The van der Waals surface area contributed by atoms with E-state index in [2.05, 4.69) is 44.0 Å². The maximum absolute atomic E-state index is 5.57. The molecule has 0 spiro atoms. The predicted molar refractivity (Wildman–Crippen MR) is 80.8 cm³/mol. The first-order chi connectivity index (χ1) is 9.06. The SMILES string of the molecule is CCOC(CCN(C)c1cc(C)cc(C)c1)OCC. The Labute approximate surface area is 117 Å². The zero-order valence-corrected chi connectivity index (χ0v) is 12.9. The minimum atomic E-state index is -0.0941. The first kappa shape index (κ1) is 16.0. The van der Waals surface area contributed by atoms with Crippen LogP contribution in [-0.4, -0.2) is 33.1 Å². The normalized spacial score (nSPS) is 11.1. The van der Waals surface area contributed by atoms with Gasteiger partial charge in [0.25, 0.3) is 0 Å². The summed E-state index contributed by atoms with van der Waals surface area (Å²) >= 11 is 0. The van der Waals surface area contributed by atoms with Gasteiger partial charge in [-0.05, 0) is 51.0 Å². The summed E-state index contributed by atoms with van der Waals surface area (Å²) in [5.41, 5.74) is 3.85. The molecular formula is C16H27NO2. The predicted octanol–water partition coefficient (Wildman–Crippen LogP) is 3.53. The maximum atomic E-state index is 5.57. The third-order valence-corrected chi connectivity index (χ3v) is 3.05. The number of benzene rings is 1. The van der Waals surface area contributed by atoms with E-state index < -0.39 is 0 Å². The summed E-state index contributed by atoms with van der Waals surface area (Å²) in [6, 6.07) is 6.62. The summed E-state index contributed by atoms with van der Waals surface area (Å²) in [5, 5.41) is 0. The zero-order chi connectivity index (χ0) is 14.3. The largest absolute Gasteiger partial charge is 0.374 e. The molecule has 3 heteroatoms. The van der Waals surface area contributed by atoms with Crippen LogP contribution in [0, 0.1) is 13.8 Å². The average Bonchev–Trinajstić information content (AvgIpc) is 2.35. The van der Waals surface area contributed by atoms with Crippen molar-refractivity contribution < 1.29 is 9.47 Å². The molecule has 0 unspecified atom stereocenters. The molecule has 0 atom stereocenters. The molecule has 0 aliphatic carbocycles.